The third-order valence-electron chi connectivity index (χ3n) is 2.96. The second-order valence-corrected chi connectivity index (χ2v) is 4.46. The zero-order valence-corrected chi connectivity index (χ0v) is 11.4. The fraction of sp³-hybridized carbons (Fsp3) is 0.176. The number of rotatable bonds is 5. The molecule has 0 aliphatic carbocycles. The Kier molecular flexibility index (Phi) is 3.95. The molecule has 0 saturated heterocycles. The minimum absolute atomic E-state index is 0.255. The molecule has 0 N–H and O–H groups in total. The van der Waals surface area contributed by atoms with Gasteiger partial charge in [-0.15, -0.1) is 6.42 Å². The van der Waals surface area contributed by atoms with Crippen LogP contribution in [-0.2, 0) is 11.3 Å². The lowest BCUT2D eigenvalue weighted by molar-refractivity contribution is 0.153. The highest BCUT2D eigenvalue weighted by molar-refractivity contribution is 5.48. The lowest BCUT2D eigenvalue weighted by Crippen LogP contribution is -1.93. The maximum absolute atomic E-state index is 5.78. The van der Waals surface area contributed by atoms with Gasteiger partial charge in [-0.1, -0.05) is 18.1 Å². The molecule has 1 aliphatic rings. The quantitative estimate of drug-likeness (QED) is 0.622. The maximum Gasteiger partial charge on any atom is 0.231 e. The average molecular weight is 282 g/mol. The first kappa shape index (κ1) is 13.3. The average Bonchev–Trinajstić information content (AvgIpc) is 2.97. The van der Waals surface area contributed by atoms with Crippen molar-refractivity contribution >= 4 is 0 Å². The summed E-state index contributed by atoms with van der Waals surface area (Å²) in [5.41, 5.74) is 1.04. The minimum Gasteiger partial charge on any atom is -0.457 e. The molecule has 1 aliphatic heterocycles. The summed E-state index contributed by atoms with van der Waals surface area (Å²) in [4.78, 5) is 0. The Hall–Kier alpha value is -2.64. The Morgan fingerprint density at radius 1 is 1.00 bits per heavy atom. The third kappa shape index (κ3) is 3.28. The lowest BCUT2D eigenvalue weighted by atomic mass is 10.2. The van der Waals surface area contributed by atoms with Gasteiger partial charge in [-0.05, 0) is 29.8 Å². The van der Waals surface area contributed by atoms with Crippen LogP contribution in [0.15, 0.2) is 42.5 Å². The highest BCUT2D eigenvalue weighted by Crippen LogP contribution is 2.36. The lowest BCUT2D eigenvalue weighted by Gasteiger charge is -2.07. The molecule has 0 spiro atoms. The number of hydrogen-bond donors (Lipinski definition) is 0. The van der Waals surface area contributed by atoms with Crippen LogP contribution in [0.2, 0.25) is 0 Å². The van der Waals surface area contributed by atoms with Gasteiger partial charge in [0.2, 0.25) is 6.79 Å². The fourth-order valence-electron chi connectivity index (χ4n) is 1.96. The van der Waals surface area contributed by atoms with Gasteiger partial charge in [0, 0.05) is 6.07 Å². The van der Waals surface area contributed by atoms with E-state index < -0.39 is 0 Å². The summed E-state index contributed by atoms with van der Waals surface area (Å²) >= 11 is 0. The van der Waals surface area contributed by atoms with Gasteiger partial charge < -0.3 is 18.9 Å². The number of benzene rings is 2. The van der Waals surface area contributed by atoms with Crippen molar-refractivity contribution in [2.75, 3.05) is 13.4 Å². The van der Waals surface area contributed by atoms with Crippen molar-refractivity contribution in [1.82, 2.24) is 0 Å². The van der Waals surface area contributed by atoms with Gasteiger partial charge in [-0.25, -0.2) is 0 Å². The maximum atomic E-state index is 5.78. The highest BCUT2D eigenvalue weighted by atomic mass is 16.7. The largest absolute Gasteiger partial charge is 0.457 e. The fourth-order valence-corrected chi connectivity index (χ4v) is 1.96. The van der Waals surface area contributed by atoms with Crippen LogP contribution in [0.4, 0.5) is 0 Å². The van der Waals surface area contributed by atoms with Crippen molar-refractivity contribution < 1.29 is 18.9 Å². The Morgan fingerprint density at radius 3 is 2.57 bits per heavy atom. The van der Waals surface area contributed by atoms with E-state index >= 15 is 0 Å². The monoisotopic (exact) mass is 282 g/mol. The summed E-state index contributed by atoms with van der Waals surface area (Å²) in [6.45, 7) is 1.06. The molecule has 0 atom stereocenters. The molecule has 3 rings (SSSR count). The van der Waals surface area contributed by atoms with Crippen molar-refractivity contribution in [1.29, 1.82) is 0 Å². The Balaban J connectivity index is 1.64. The summed E-state index contributed by atoms with van der Waals surface area (Å²) in [6.07, 6.45) is 5.13. The first-order valence-electron chi connectivity index (χ1n) is 6.53. The second kappa shape index (κ2) is 6.21. The molecule has 21 heavy (non-hydrogen) atoms. The van der Waals surface area contributed by atoms with Crippen LogP contribution >= 0.6 is 0 Å². The van der Waals surface area contributed by atoms with E-state index in [4.69, 9.17) is 25.4 Å². The molecule has 0 radical (unpaired) electrons. The van der Waals surface area contributed by atoms with Gasteiger partial charge in [0.15, 0.2) is 11.5 Å². The predicted molar refractivity (Wildman–Crippen MR) is 77.6 cm³/mol. The minimum atomic E-state index is 0.255. The molecule has 4 heteroatoms. The van der Waals surface area contributed by atoms with Crippen LogP contribution in [0.25, 0.3) is 0 Å². The standard InChI is InChI=1S/C17H14O4/c1-2-9-18-11-13-3-5-14(6-4-13)21-15-7-8-16-17(10-15)20-12-19-16/h1,3-8,10H,9,11-12H2. The van der Waals surface area contributed by atoms with Crippen molar-refractivity contribution in [2.24, 2.45) is 0 Å². The van der Waals surface area contributed by atoms with Crippen molar-refractivity contribution in [3.05, 3.63) is 48.0 Å². The van der Waals surface area contributed by atoms with E-state index in [0.717, 1.165) is 17.1 Å². The smallest absolute Gasteiger partial charge is 0.231 e. The number of terminal acetylenes is 1. The number of ether oxygens (including phenoxy) is 4. The molecule has 0 bridgehead atoms. The van der Waals surface area contributed by atoms with Crippen molar-refractivity contribution in [3.8, 4) is 35.3 Å². The van der Waals surface area contributed by atoms with Crippen LogP contribution in [0, 0.1) is 12.3 Å². The first-order valence-corrected chi connectivity index (χ1v) is 6.53. The molecule has 0 fully saturated rings. The van der Waals surface area contributed by atoms with E-state index in [-0.39, 0.29) is 6.79 Å². The summed E-state index contributed by atoms with van der Waals surface area (Å²) in [5, 5.41) is 0. The predicted octanol–water partition coefficient (Wildman–Crippen LogP) is 3.36. The molecule has 4 nitrogen and oxygen atoms in total. The SMILES string of the molecule is C#CCOCc1ccc(Oc2ccc3c(c2)OCO3)cc1. The van der Waals surface area contributed by atoms with E-state index in [9.17, 15) is 0 Å². The van der Waals surface area contributed by atoms with Crippen LogP contribution in [0.3, 0.4) is 0 Å². The normalized spacial score (nSPS) is 12.0. The zero-order chi connectivity index (χ0) is 14.5. The first-order chi connectivity index (χ1) is 10.3. The van der Waals surface area contributed by atoms with Crippen LogP contribution in [0.5, 0.6) is 23.0 Å². The van der Waals surface area contributed by atoms with Gasteiger partial charge in [0.25, 0.3) is 0 Å². The van der Waals surface area contributed by atoms with Crippen LogP contribution in [-0.4, -0.2) is 13.4 Å². The molecule has 0 amide bonds. The molecule has 1 heterocycles. The molecular formula is C17H14O4. The Bertz CT molecular complexity index is 655. The molecule has 2 aromatic carbocycles. The molecule has 106 valence electrons. The highest BCUT2D eigenvalue weighted by Gasteiger charge is 2.13. The molecule has 0 unspecified atom stereocenters. The van der Waals surface area contributed by atoms with Gasteiger partial charge in [0.1, 0.15) is 18.1 Å². The topological polar surface area (TPSA) is 36.9 Å². The van der Waals surface area contributed by atoms with E-state index in [1.54, 1.807) is 0 Å². The number of hydrogen-bond acceptors (Lipinski definition) is 4. The van der Waals surface area contributed by atoms with Gasteiger partial charge in [-0.3, -0.25) is 0 Å². The van der Waals surface area contributed by atoms with E-state index in [0.29, 0.717) is 24.7 Å². The summed E-state index contributed by atoms with van der Waals surface area (Å²) in [6, 6.07) is 13.2. The summed E-state index contributed by atoms with van der Waals surface area (Å²) < 4.78 is 21.6. The second-order valence-electron chi connectivity index (χ2n) is 4.46. The van der Waals surface area contributed by atoms with Gasteiger partial charge >= 0.3 is 0 Å². The third-order valence-corrected chi connectivity index (χ3v) is 2.96. The van der Waals surface area contributed by atoms with Crippen molar-refractivity contribution in [2.45, 2.75) is 6.61 Å². The molecule has 0 aromatic heterocycles. The molecular weight excluding hydrogens is 268 g/mol. The van der Waals surface area contributed by atoms with E-state index in [1.807, 2.05) is 42.5 Å². The zero-order valence-electron chi connectivity index (χ0n) is 11.4. The Morgan fingerprint density at radius 2 is 1.76 bits per heavy atom. The summed E-state index contributed by atoms with van der Waals surface area (Å²) in [5.74, 6) is 5.32. The van der Waals surface area contributed by atoms with Gasteiger partial charge in [-0.2, -0.15) is 0 Å². The number of fused-ring (bicyclic) bond motifs is 1. The Labute approximate surface area is 123 Å². The van der Waals surface area contributed by atoms with Crippen LogP contribution < -0.4 is 14.2 Å². The van der Waals surface area contributed by atoms with E-state index in [2.05, 4.69) is 5.92 Å². The van der Waals surface area contributed by atoms with Gasteiger partial charge in [0.05, 0.1) is 6.61 Å². The van der Waals surface area contributed by atoms with Crippen molar-refractivity contribution in [3.63, 3.8) is 0 Å². The van der Waals surface area contributed by atoms with Crippen LogP contribution in [0.1, 0.15) is 5.56 Å². The molecule has 2 aromatic rings. The van der Waals surface area contributed by atoms with E-state index in [1.165, 1.54) is 0 Å². The summed E-state index contributed by atoms with van der Waals surface area (Å²) in [7, 11) is 0. The molecule has 0 saturated carbocycles.